The Labute approximate surface area is 131 Å². The average molecular weight is 301 g/mol. The van der Waals surface area contributed by atoms with Crippen LogP contribution in [0.1, 0.15) is 32.3 Å². The SMILES string of the molecule is CCN(CC)C(=O)NC1CCN(c2ccc(C#N)cn2)CC1. The number of carbonyl (C=O) groups excluding carboxylic acids is 1. The lowest BCUT2D eigenvalue weighted by Gasteiger charge is -2.34. The van der Waals surface area contributed by atoms with Crippen LogP contribution in [0.3, 0.4) is 0 Å². The Morgan fingerprint density at radius 1 is 1.41 bits per heavy atom. The number of rotatable bonds is 4. The lowest BCUT2D eigenvalue weighted by Crippen LogP contribution is -2.49. The van der Waals surface area contributed by atoms with Crippen LogP contribution in [-0.2, 0) is 0 Å². The molecule has 2 rings (SSSR count). The molecule has 0 unspecified atom stereocenters. The van der Waals surface area contributed by atoms with E-state index in [1.165, 1.54) is 0 Å². The second kappa shape index (κ2) is 7.64. The molecule has 0 bridgehead atoms. The minimum absolute atomic E-state index is 0.0277. The fraction of sp³-hybridized carbons (Fsp3) is 0.562. The quantitative estimate of drug-likeness (QED) is 0.923. The van der Waals surface area contributed by atoms with Crippen molar-refractivity contribution in [1.29, 1.82) is 5.26 Å². The second-order valence-corrected chi connectivity index (χ2v) is 5.40. The van der Waals surface area contributed by atoms with E-state index in [1.54, 1.807) is 17.2 Å². The van der Waals surface area contributed by atoms with Gasteiger partial charge in [-0.2, -0.15) is 5.26 Å². The van der Waals surface area contributed by atoms with Gasteiger partial charge in [-0.1, -0.05) is 0 Å². The summed E-state index contributed by atoms with van der Waals surface area (Å²) in [5.74, 6) is 0.896. The van der Waals surface area contributed by atoms with Gasteiger partial charge in [0, 0.05) is 38.4 Å². The Morgan fingerprint density at radius 3 is 2.59 bits per heavy atom. The minimum atomic E-state index is 0.0277. The first kappa shape index (κ1) is 16.1. The van der Waals surface area contributed by atoms with Gasteiger partial charge in [0.05, 0.1) is 5.56 Å². The molecule has 1 N–H and O–H groups in total. The summed E-state index contributed by atoms with van der Waals surface area (Å²) in [6, 6.07) is 6.00. The lowest BCUT2D eigenvalue weighted by molar-refractivity contribution is 0.196. The number of hydrogen-bond donors (Lipinski definition) is 1. The van der Waals surface area contributed by atoms with E-state index in [4.69, 9.17) is 5.26 Å². The maximum Gasteiger partial charge on any atom is 0.317 e. The Hall–Kier alpha value is -2.29. The van der Waals surface area contributed by atoms with Gasteiger partial charge < -0.3 is 15.1 Å². The normalized spacial score (nSPS) is 15.2. The summed E-state index contributed by atoms with van der Waals surface area (Å²) >= 11 is 0. The molecule has 6 heteroatoms. The summed E-state index contributed by atoms with van der Waals surface area (Å²) < 4.78 is 0. The first-order valence-electron chi connectivity index (χ1n) is 7.84. The van der Waals surface area contributed by atoms with Crippen molar-refractivity contribution < 1.29 is 4.79 Å². The van der Waals surface area contributed by atoms with Crippen molar-refractivity contribution in [3.05, 3.63) is 23.9 Å². The van der Waals surface area contributed by atoms with E-state index in [0.29, 0.717) is 5.56 Å². The third-order valence-electron chi connectivity index (χ3n) is 4.07. The molecule has 118 valence electrons. The zero-order chi connectivity index (χ0) is 15.9. The van der Waals surface area contributed by atoms with E-state index in [0.717, 1.165) is 44.8 Å². The predicted octanol–water partition coefficient (Wildman–Crippen LogP) is 1.97. The van der Waals surface area contributed by atoms with Gasteiger partial charge in [0.25, 0.3) is 0 Å². The van der Waals surface area contributed by atoms with E-state index in [-0.39, 0.29) is 12.1 Å². The summed E-state index contributed by atoms with van der Waals surface area (Å²) in [5.41, 5.74) is 0.574. The summed E-state index contributed by atoms with van der Waals surface area (Å²) in [7, 11) is 0. The molecule has 0 radical (unpaired) electrons. The van der Waals surface area contributed by atoms with E-state index in [2.05, 4.69) is 21.3 Å². The maximum atomic E-state index is 12.1. The van der Waals surface area contributed by atoms with Crippen molar-refractivity contribution in [1.82, 2.24) is 15.2 Å². The molecule has 1 saturated heterocycles. The third kappa shape index (κ3) is 3.88. The zero-order valence-corrected chi connectivity index (χ0v) is 13.2. The van der Waals surface area contributed by atoms with Crippen molar-refractivity contribution in [3.8, 4) is 6.07 Å². The van der Waals surface area contributed by atoms with Crippen molar-refractivity contribution in [2.24, 2.45) is 0 Å². The van der Waals surface area contributed by atoms with Gasteiger partial charge in [0.2, 0.25) is 0 Å². The van der Waals surface area contributed by atoms with Crippen LogP contribution in [-0.4, -0.2) is 48.1 Å². The molecular weight excluding hydrogens is 278 g/mol. The Morgan fingerprint density at radius 2 is 2.09 bits per heavy atom. The Bertz CT molecular complexity index is 524. The van der Waals surface area contributed by atoms with Gasteiger partial charge >= 0.3 is 6.03 Å². The Kier molecular flexibility index (Phi) is 5.59. The number of hydrogen-bond acceptors (Lipinski definition) is 4. The monoisotopic (exact) mass is 301 g/mol. The highest BCUT2D eigenvalue weighted by Gasteiger charge is 2.22. The number of carbonyl (C=O) groups is 1. The number of aromatic nitrogens is 1. The van der Waals surface area contributed by atoms with Crippen molar-refractivity contribution in [3.63, 3.8) is 0 Å². The fourth-order valence-corrected chi connectivity index (χ4v) is 2.67. The van der Waals surface area contributed by atoms with Gasteiger partial charge in [-0.3, -0.25) is 0 Å². The molecule has 0 atom stereocenters. The summed E-state index contributed by atoms with van der Waals surface area (Å²) in [5, 5.41) is 11.9. The number of nitrogens with zero attached hydrogens (tertiary/aromatic N) is 4. The lowest BCUT2D eigenvalue weighted by atomic mass is 10.1. The first-order chi connectivity index (χ1) is 10.7. The summed E-state index contributed by atoms with van der Waals surface area (Å²) in [6.45, 7) is 7.17. The minimum Gasteiger partial charge on any atom is -0.356 e. The van der Waals surface area contributed by atoms with Crippen LogP contribution in [0.25, 0.3) is 0 Å². The largest absolute Gasteiger partial charge is 0.356 e. The summed E-state index contributed by atoms with van der Waals surface area (Å²) in [6.07, 6.45) is 3.42. The van der Waals surface area contributed by atoms with Crippen LogP contribution < -0.4 is 10.2 Å². The number of nitrogens with one attached hydrogen (secondary N) is 1. The molecular formula is C16H23N5O. The maximum absolute atomic E-state index is 12.1. The van der Waals surface area contributed by atoms with E-state index in [1.807, 2.05) is 19.9 Å². The van der Waals surface area contributed by atoms with Crippen molar-refractivity contribution in [2.75, 3.05) is 31.1 Å². The third-order valence-corrected chi connectivity index (χ3v) is 4.07. The van der Waals surface area contributed by atoms with E-state index >= 15 is 0 Å². The molecule has 1 aliphatic rings. The molecule has 22 heavy (non-hydrogen) atoms. The first-order valence-corrected chi connectivity index (χ1v) is 7.84. The molecule has 2 heterocycles. The number of amides is 2. The smallest absolute Gasteiger partial charge is 0.317 e. The molecule has 0 aliphatic carbocycles. The molecule has 2 amide bonds. The van der Waals surface area contributed by atoms with Crippen LogP contribution in [0.4, 0.5) is 10.6 Å². The highest BCUT2D eigenvalue weighted by Crippen LogP contribution is 2.18. The van der Waals surface area contributed by atoms with Crippen LogP contribution in [0, 0.1) is 11.3 Å². The number of pyridine rings is 1. The number of anilines is 1. The van der Waals surface area contributed by atoms with Crippen LogP contribution in [0.15, 0.2) is 18.3 Å². The molecule has 1 fully saturated rings. The molecule has 0 saturated carbocycles. The number of piperidine rings is 1. The number of urea groups is 1. The van der Waals surface area contributed by atoms with Gasteiger partial charge in [0.15, 0.2) is 0 Å². The van der Waals surface area contributed by atoms with Gasteiger partial charge in [-0.25, -0.2) is 9.78 Å². The van der Waals surface area contributed by atoms with Crippen molar-refractivity contribution in [2.45, 2.75) is 32.7 Å². The average Bonchev–Trinajstić information content (AvgIpc) is 2.57. The molecule has 0 aromatic carbocycles. The van der Waals surface area contributed by atoms with Crippen LogP contribution in [0.5, 0.6) is 0 Å². The van der Waals surface area contributed by atoms with Crippen LogP contribution in [0.2, 0.25) is 0 Å². The highest BCUT2D eigenvalue weighted by molar-refractivity contribution is 5.74. The highest BCUT2D eigenvalue weighted by atomic mass is 16.2. The van der Waals surface area contributed by atoms with Crippen LogP contribution >= 0.6 is 0 Å². The molecule has 1 aromatic rings. The van der Waals surface area contributed by atoms with E-state index in [9.17, 15) is 4.79 Å². The number of nitriles is 1. The zero-order valence-electron chi connectivity index (χ0n) is 13.2. The topological polar surface area (TPSA) is 72.3 Å². The van der Waals surface area contributed by atoms with E-state index < -0.39 is 0 Å². The molecule has 6 nitrogen and oxygen atoms in total. The molecule has 0 spiro atoms. The molecule has 1 aromatic heterocycles. The van der Waals surface area contributed by atoms with Crippen molar-refractivity contribution >= 4 is 11.8 Å². The standard InChI is InChI=1S/C16H23N5O/c1-3-20(4-2)16(22)19-14-7-9-21(10-8-14)15-6-5-13(11-17)12-18-15/h5-6,12,14H,3-4,7-10H2,1-2H3,(H,19,22). The Balaban J connectivity index is 1.85. The summed E-state index contributed by atoms with van der Waals surface area (Å²) in [4.78, 5) is 20.4. The van der Waals surface area contributed by atoms with Gasteiger partial charge in [-0.05, 0) is 38.8 Å². The predicted molar refractivity (Wildman–Crippen MR) is 85.6 cm³/mol. The fourth-order valence-electron chi connectivity index (χ4n) is 2.67. The van der Waals surface area contributed by atoms with Gasteiger partial charge in [0.1, 0.15) is 11.9 Å². The van der Waals surface area contributed by atoms with Gasteiger partial charge in [-0.15, -0.1) is 0 Å². The second-order valence-electron chi connectivity index (χ2n) is 5.40. The molecule has 1 aliphatic heterocycles.